The van der Waals surface area contributed by atoms with E-state index in [-0.39, 0.29) is 23.9 Å². The van der Waals surface area contributed by atoms with Crippen LogP contribution in [0.15, 0.2) is 23.8 Å². The normalized spacial score (nSPS) is 28.2. The number of hydrogen-bond acceptors (Lipinski definition) is 6. The Kier molecular flexibility index (Phi) is 16.2. The van der Waals surface area contributed by atoms with E-state index >= 15 is 0 Å². The van der Waals surface area contributed by atoms with Crippen LogP contribution in [0.1, 0.15) is 101 Å². The highest BCUT2D eigenvalue weighted by Crippen LogP contribution is 2.36. The number of hydrogen-bond donors (Lipinski definition) is 5. The van der Waals surface area contributed by atoms with Gasteiger partial charge >= 0.3 is 5.97 Å². The SMILES string of the molecule is CCC[C@@H](C)/C=C(\C)[C@H](O)[C@H](C)/C=C/CC[C@@H](O)[C@H](C)[C@H](O)[C@H](C)[C@H](O)[C@H](C)[C@H]1O[C@H]([C@H](C)C(=O)O)CC[C@@H]1C. The van der Waals surface area contributed by atoms with Gasteiger partial charge in [-0.05, 0) is 63.4 Å². The van der Waals surface area contributed by atoms with Crippen molar-refractivity contribution < 1.29 is 35.1 Å². The first-order valence-corrected chi connectivity index (χ1v) is 15.6. The van der Waals surface area contributed by atoms with E-state index in [2.05, 4.69) is 26.8 Å². The molecule has 0 bridgehead atoms. The Hall–Kier alpha value is -1.25. The minimum atomic E-state index is -0.914. The number of aliphatic hydroxyl groups is 4. The van der Waals surface area contributed by atoms with E-state index in [4.69, 9.17) is 4.74 Å². The van der Waals surface area contributed by atoms with Gasteiger partial charge in [0, 0.05) is 23.7 Å². The third-order valence-electron chi connectivity index (χ3n) is 9.35. The number of carbonyl (C=O) groups is 1. The molecule has 0 aliphatic carbocycles. The molecule has 0 aromatic carbocycles. The maximum absolute atomic E-state index is 11.5. The Morgan fingerprint density at radius 1 is 0.950 bits per heavy atom. The number of rotatable bonds is 17. The summed E-state index contributed by atoms with van der Waals surface area (Å²) in [6, 6.07) is 0. The lowest BCUT2D eigenvalue weighted by Crippen LogP contribution is -2.49. The van der Waals surface area contributed by atoms with Gasteiger partial charge in [-0.15, -0.1) is 0 Å². The van der Waals surface area contributed by atoms with Gasteiger partial charge in [-0.3, -0.25) is 4.79 Å². The fraction of sp³-hybridized carbons (Fsp3) is 0.848. The third kappa shape index (κ3) is 10.9. The average molecular weight is 569 g/mol. The third-order valence-corrected chi connectivity index (χ3v) is 9.35. The summed E-state index contributed by atoms with van der Waals surface area (Å²) >= 11 is 0. The Balaban J connectivity index is 2.66. The largest absolute Gasteiger partial charge is 0.481 e. The van der Waals surface area contributed by atoms with Crippen LogP contribution in [0.2, 0.25) is 0 Å². The fourth-order valence-corrected chi connectivity index (χ4v) is 6.19. The van der Waals surface area contributed by atoms with Crippen LogP contribution in [0, 0.1) is 41.4 Å². The van der Waals surface area contributed by atoms with Crippen LogP contribution >= 0.6 is 0 Å². The van der Waals surface area contributed by atoms with Gasteiger partial charge in [0.1, 0.15) is 0 Å². The van der Waals surface area contributed by atoms with Crippen LogP contribution in [-0.2, 0) is 9.53 Å². The zero-order chi connectivity index (χ0) is 30.7. The fourth-order valence-electron chi connectivity index (χ4n) is 6.19. The molecule has 1 aliphatic rings. The van der Waals surface area contributed by atoms with Crippen LogP contribution in [0.5, 0.6) is 0 Å². The highest BCUT2D eigenvalue weighted by atomic mass is 16.5. The van der Waals surface area contributed by atoms with E-state index < -0.39 is 54.2 Å². The minimum Gasteiger partial charge on any atom is -0.481 e. The summed E-state index contributed by atoms with van der Waals surface area (Å²) in [4.78, 5) is 11.5. The molecule has 1 heterocycles. The molecule has 0 aromatic rings. The molecular weight excluding hydrogens is 508 g/mol. The molecule has 0 saturated carbocycles. The van der Waals surface area contributed by atoms with Crippen LogP contribution < -0.4 is 0 Å². The summed E-state index contributed by atoms with van der Waals surface area (Å²) < 4.78 is 6.19. The Bertz CT molecular complexity index is 796. The number of allylic oxidation sites excluding steroid dienone is 2. The van der Waals surface area contributed by atoms with Crippen molar-refractivity contribution in [2.45, 2.75) is 137 Å². The molecule has 7 heteroatoms. The van der Waals surface area contributed by atoms with E-state index in [0.717, 1.165) is 24.8 Å². The lowest BCUT2D eigenvalue weighted by molar-refractivity contribution is -0.169. The second-order valence-electron chi connectivity index (χ2n) is 12.9. The highest BCUT2D eigenvalue weighted by Gasteiger charge is 2.41. The molecule has 0 aromatic heterocycles. The Morgan fingerprint density at radius 2 is 1.57 bits per heavy atom. The van der Waals surface area contributed by atoms with Crippen LogP contribution in [0.3, 0.4) is 0 Å². The Morgan fingerprint density at radius 3 is 2.15 bits per heavy atom. The zero-order valence-electron chi connectivity index (χ0n) is 26.5. The summed E-state index contributed by atoms with van der Waals surface area (Å²) in [5.41, 5.74) is 0.983. The molecule has 0 spiro atoms. The molecule has 234 valence electrons. The summed E-state index contributed by atoms with van der Waals surface area (Å²) in [6.07, 6.45) is 7.17. The summed E-state index contributed by atoms with van der Waals surface area (Å²) in [6.45, 7) is 17.5. The number of carboxylic acid groups (broad SMARTS) is 1. The molecule has 0 amide bonds. The van der Waals surface area contributed by atoms with Crippen molar-refractivity contribution in [2.24, 2.45) is 41.4 Å². The van der Waals surface area contributed by atoms with Gasteiger partial charge in [-0.25, -0.2) is 0 Å². The van der Waals surface area contributed by atoms with E-state index in [1.807, 2.05) is 32.9 Å². The van der Waals surface area contributed by atoms with Gasteiger partial charge in [0.15, 0.2) is 0 Å². The molecule has 40 heavy (non-hydrogen) atoms. The molecule has 1 saturated heterocycles. The first-order chi connectivity index (χ1) is 18.6. The number of aliphatic hydroxyl groups excluding tert-OH is 4. The quantitative estimate of drug-likeness (QED) is 0.145. The van der Waals surface area contributed by atoms with Crippen molar-refractivity contribution in [1.82, 2.24) is 0 Å². The van der Waals surface area contributed by atoms with Gasteiger partial charge in [-0.2, -0.15) is 0 Å². The monoisotopic (exact) mass is 568 g/mol. The average Bonchev–Trinajstić information content (AvgIpc) is 2.92. The zero-order valence-corrected chi connectivity index (χ0v) is 26.5. The summed E-state index contributed by atoms with van der Waals surface area (Å²) in [5, 5.41) is 53.1. The minimum absolute atomic E-state index is 0.0376. The molecule has 1 rings (SSSR count). The van der Waals surface area contributed by atoms with Gasteiger partial charge in [-0.1, -0.05) is 73.1 Å². The molecule has 0 radical (unpaired) electrons. The van der Waals surface area contributed by atoms with E-state index in [9.17, 15) is 30.3 Å². The predicted octanol–water partition coefficient (Wildman–Crippen LogP) is 5.60. The van der Waals surface area contributed by atoms with Crippen molar-refractivity contribution in [3.8, 4) is 0 Å². The highest BCUT2D eigenvalue weighted by molar-refractivity contribution is 5.70. The molecule has 0 unspecified atom stereocenters. The lowest BCUT2D eigenvalue weighted by atomic mass is 9.76. The van der Waals surface area contributed by atoms with Crippen LogP contribution in [-0.4, -0.2) is 68.1 Å². The van der Waals surface area contributed by atoms with Gasteiger partial charge in [0.2, 0.25) is 0 Å². The van der Waals surface area contributed by atoms with Gasteiger partial charge < -0.3 is 30.3 Å². The molecular formula is C33H60O7. The standard InChI is InChI=1S/C33H60O7/c1-10-13-19(2)18-22(5)29(35)20(3)14-11-12-15-27(34)23(6)30(36)25(8)31(37)26(9)32-21(4)16-17-28(40-32)24(7)33(38)39/h11,14,18-21,23-32,34-37H,10,12-13,15-17H2,1-9H3,(H,38,39)/b14-11+,22-18+/t19-,20-,21+,23+,24+,25+,26+,27-,28+,29-,30+,31+,32+/m1/s1. The smallest absolute Gasteiger partial charge is 0.308 e. The predicted molar refractivity (Wildman–Crippen MR) is 161 cm³/mol. The maximum atomic E-state index is 11.5. The number of ether oxygens (including phenoxy) is 1. The maximum Gasteiger partial charge on any atom is 0.308 e. The van der Waals surface area contributed by atoms with Crippen LogP contribution in [0.4, 0.5) is 0 Å². The number of aliphatic carboxylic acids is 1. The molecule has 1 fully saturated rings. The Labute approximate surface area is 243 Å². The molecule has 13 atom stereocenters. The van der Waals surface area contributed by atoms with E-state index in [0.29, 0.717) is 25.2 Å². The molecule has 5 N–H and O–H groups in total. The van der Waals surface area contributed by atoms with Crippen LogP contribution in [0.25, 0.3) is 0 Å². The summed E-state index contributed by atoms with van der Waals surface area (Å²) in [5.74, 6) is -2.17. The van der Waals surface area contributed by atoms with Crippen molar-refractivity contribution in [3.05, 3.63) is 23.8 Å². The molecule has 1 aliphatic heterocycles. The molecule has 7 nitrogen and oxygen atoms in total. The lowest BCUT2D eigenvalue weighted by Gasteiger charge is -2.43. The van der Waals surface area contributed by atoms with Crippen molar-refractivity contribution in [3.63, 3.8) is 0 Å². The first kappa shape index (κ1) is 36.8. The topological polar surface area (TPSA) is 127 Å². The second-order valence-corrected chi connectivity index (χ2v) is 12.9. The summed E-state index contributed by atoms with van der Waals surface area (Å²) in [7, 11) is 0. The number of carboxylic acids is 1. The van der Waals surface area contributed by atoms with Crippen molar-refractivity contribution >= 4 is 5.97 Å². The van der Waals surface area contributed by atoms with E-state index in [1.165, 1.54) is 0 Å². The second kappa shape index (κ2) is 17.6. The van der Waals surface area contributed by atoms with Gasteiger partial charge in [0.25, 0.3) is 0 Å². The first-order valence-electron chi connectivity index (χ1n) is 15.6. The van der Waals surface area contributed by atoms with Gasteiger partial charge in [0.05, 0.1) is 42.5 Å². The van der Waals surface area contributed by atoms with Crippen molar-refractivity contribution in [2.75, 3.05) is 0 Å². The van der Waals surface area contributed by atoms with Crippen molar-refractivity contribution in [1.29, 1.82) is 0 Å². The van der Waals surface area contributed by atoms with E-state index in [1.54, 1.807) is 20.8 Å².